The molecule has 2 heterocycles. The maximum Gasteiger partial charge on any atom is 0.220 e. The normalized spacial score (nSPS) is 26.6. The highest BCUT2D eigenvalue weighted by molar-refractivity contribution is 5.76. The van der Waals surface area contributed by atoms with Gasteiger partial charge in [0.15, 0.2) is 12.6 Å². The van der Waals surface area contributed by atoms with Gasteiger partial charge in [0.1, 0.15) is 48.8 Å². The molecule has 0 radical (unpaired) electrons. The van der Waals surface area contributed by atoms with Crippen molar-refractivity contribution in [3.8, 4) is 0 Å². The van der Waals surface area contributed by atoms with Crippen LogP contribution in [0.3, 0.4) is 0 Å². The largest absolute Gasteiger partial charge is 0.394 e. The second kappa shape index (κ2) is 40.8. The van der Waals surface area contributed by atoms with Crippen LogP contribution in [-0.2, 0) is 23.7 Å². The van der Waals surface area contributed by atoms with Crippen LogP contribution in [0.5, 0.6) is 0 Å². The average molecular weight is 970 g/mol. The van der Waals surface area contributed by atoms with E-state index in [1.807, 2.05) is 0 Å². The topological polar surface area (TPSA) is 228 Å². The van der Waals surface area contributed by atoms with Crippen LogP contribution in [0.15, 0.2) is 36.5 Å². The maximum atomic E-state index is 13.2. The van der Waals surface area contributed by atoms with Crippen LogP contribution >= 0.6 is 0 Å². The van der Waals surface area contributed by atoms with E-state index in [1.165, 1.54) is 109 Å². The maximum absolute atomic E-state index is 13.2. The Labute approximate surface area is 411 Å². The van der Waals surface area contributed by atoms with Gasteiger partial charge in [0, 0.05) is 6.42 Å². The summed E-state index contributed by atoms with van der Waals surface area (Å²) in [5.41, 5.74) is 0. The van der Waals surface area contributed by atoms with Crippen molar-refractivity contribution < 1.29 is 64.6 Å². The van der Waals surface area contributed by atoms with Crippen LogP contribution in [-0.4, -0.2) is 140 Å². The molecule has 2 fully saturated rings. The molecule has 2 aliphatic heterocycles. The predicted octanol–water partition coefficient (Wildman–Crippen LogP) is 7.88. The Hall–Kier alpha value is -1.79. The molecule has 12 atom stereocenters. The summed E-state index contributed by atoms with van der Waals surface area (Å²) in [5.74, 6) is -0.214. The zero-order valence-corrected chi connectivity index (χ0v) is 42.3. The third-order valence-electron chi connectivity index (χ3n) is 13.4. The Kier molecular flexibility index (Phi) is 37.4. The van der Waals surface area contributed by atoms with Gasteiger partial charge < -0.3 is 65.1 Å². The van der Waals surface area contributed by atoms with Crippen LogP contribution in [0.2, 0.25) is 0 Å². The smallest absolute Gasteiger partial charge is 0.220 e. The first-order chi connectivity index (χ1) is 33.1. The Bertz CT molecular complexity index is 1280. The van der Waals surface area contributed by atoms with Crippen LogP contribution in [0.1, 0.15) is 206 Å². The highest BCUT2D eigenvalue weighted by Crippen LogP contribution is 2.30. The van der Waals surface area contributed by atoms with Crippen molar-refractivity contribution in [2.45, 2.75) is 280 Å². The van der Waals surface area contributed by atoms with Crippen LogP contribution < -0.4 is 5.32 Å². The van der Waals surface area contributed by atoms with Gasteiger partial charge in [-0.1, -0.05) is 185 Å². The number of amides is 1. The number of unbranched alkanes of at least 4 members (excludes halogenated alkanes) is 23. The number of hydrogen-bond donors (Lipinski definition) is 9. The second-order valence-corrected chi connectivity index (χ2v) is 19.4. The van der Waals surface area contributed by atoms with E-state index in [0.717, 1.165) is 70.6 Å². The van der Waals surface area contributed by atoms with E-state index in [-0.39, 0.29) is 12.5 Å². The number of hydrogen-bond acceptors (Lipinski definition) is 13. The van der Waals surface area contributed by atoms with Crippen molar-refractivity contribution in [3.63, 3.8) is 0 Å². The molecule has 0 aromatic rings. The van der Waals surface area contributed by atoms with Crippen LogP contribution in [0, 0.1) is 0 Å². The summed E-state index contributed by atoms with van der Waals surface area (Å²) in [6.07, 6.45) is 30.2. The Morgan fingerprint density at radius 2 is 0.971 bits per heavy atom. The molecule has 2 rings (SSSR count). The monoisotopic (exact) mass is 970 g/mol. The summed E-state index contributed by atoms with van der Waals surface area (Å²) in [6, 6.07) is -0.828. The van der Waals surface area contributed by atoms with Crippen molar-refractivity contribution >= 4 is 5.91 Å². The fraction of sp³-hybridized carbons (Fsp3) is 0.870. The minimum atomic E-state index is -1.78. The number of rotatable bonds is 42. The molecule has 14 nitrogen and oxygen atoms in total. The van der Waals surface area contributed by atoms with Gasteiger partial charge in [-0.3, -0.25) is 4.79 Å². The summed E-state index contributed by atoms with van der Waals surface area (Å²) in [4.78, 5) is 13.2. The van der Waals surface area contributed by atoms with Gasteiger partial charge in [0.2, 0.25) is 5.91 Å². The number of aliphatic hydroxyl groups excluding tert-OH is 8. The summed E-state index contributed by atoms with van der Waals surface area (Å²) >= 11 is 0. The van der Waals surface area contributed by atoms with E-state index in [2.05, 4.69) is 55.6 Å². The standard InChI is InChI=1S/C54H99NO13/c1-3-5-7-9-11-13-14-15-16-17-18-19-20-21-22-23-24-25-26-27-28-30-32-34-36-38-46(59)55-42(43(58)37-35-33-31-29-12-10-8-6-4-2)41-65-53-51(64)49(62)52(45(40-57)67-53)68-54-50(63)48(61)47(60)44(39-56)66-54/h14-15,17-18,20-21,42-45,47-54,56-58,60-64H,3-13,16,19,22-41H2,1-2H3,(H,55,59)/b15-14-,18-17-,21-20-. The number of aliphatic hydroxyl groups is 8. The lowest BCUT2D eigenvalue weighted by Crippen LogP contribution is -2.65. The van der Waals surface area contributed by atoms with E-state index in [4.69, 9.17) is 18.9 Å². The van der Waals surface area contributed by atoms with E-state index < -0.39 is 86.8 Å². The molecular formula is C54H99NO13. The van der Waals surface area contributed by atoms with Gasteiger partial charge in [0.05, 0.1) is 32.0 Å². The highest BCUT2D eigenvalue weighted by Gasteiger charge is 2.51. The van der Waals surface area contributed by atoms with Crippen molar-refractivity contribution in [3.05, 3.63) is 36.5 Å². The minimum Gasteiger partial charge on any atom is -0.394 e. The van der Waals surface area contributed by atoms with Crippen molar-refractivity contribution in [2.24, 2.45) is 0 Å². The van der Waals surface area contributed by atoms with E-state index >= 15 is 0 Å². The quantitative estimate of drug-likeness (QED) is 0.0210. The van der Waals surface area contributed by atoms with Gasteiger partial charge in [-0.15, -0.1) is 0 Å². The SMILES string of the molecule is CCCCCCC/C=C\C/C=C\C/C=C\CCCCCCCCCCCCC(=O)NC(COC1OC(CO)C(OC2OC(CO)C(O)C(O)C2O)C(O)C1O)C(O)CCCCCCCCCCC. The first-order valence-corrected chi connectivity index (χ1v) is 27.2. The van der Waals surface area contributed by atoms with Crippen molar-refractivity contribution in [2.75, 3.05) is 19.8 Å². The minimum absolute atomic E-state index is 0.214. The zero-order chi connectivity index (χ0) is 49.6. The van der Waals surface area contributed by atoms with Gasteiger partial charge >= 0.3 is 0 Å². The molecular weight excluding hydrogens is 871 g/mol. The lowest BCUT2D eigenvalue weighted by Gasteiger charge is -2.46. The van der Waals surface area contributed by atoms with E-state index in [0.29, 0.717) is 12.8 Å². The molecule has 14 heteroatoms. The van der Waals surface area contributed by atoms with Crippen molar-refractivity contribution in [1.29, 1.82) is 0 Å². The molecule has 9 N–H and O–H groups in total. The number of carbonyl (C=O) groups is 1. The lowest BCUT2D eigenvalue weighted by molar-refractivity contribution is -0.359. The number of allylic oxidation sites excluding steroid dienone is 6. The first-order valence-electron chi connectivity index (χ1n) is 27.2. The molecule has 2 aliphatic rings. The summed E-state index contributed by atoms with van der Waals surface area (Å²) in [6.45, 7) is 2.80. The zero-order valence-electron chi connectivity index (χ0n) is 42.3. The fourth-order valence-corrected chi connectivity index (χ4v) is 8.89. The van der Waals surface area contributed by atoms with Crippen molar-refractivity contribution in [1.82, 2.24) is 5.32 Å². The number of nitrogens with one attached hydrogen (secondary N) is 1. The highest BCUT2D eigenvalue weighted by atomic mass is 16.7. The molecule has 68 heavy (non-hydrogen) atoms. The molecule has 0 aliphatic carbocycles. The Morgan fingerprint density at radius 3 is 1.49 bits per heavy atom. The molecule has 0 bridgehead atoms. The molecule has 0 aromatic carbocycles. The molecule has 2 saturated heterocycles. The van der Waals surface area contributed by atoms with Gasteiger partial charge in [0.25, 0.3) is 0 Å². The van der Waals surface area contributed by atoms with E-state index in [1.54, 1.807) is 0 Å². The molecule has 398 valence electrons. The van der Waals surface area contributed by atoms with Gasteiger partial charge in [-0.2, -0.15) is 0 Å². The third kappa shape index (κ3) is 27.1. The van der Waals surface area contributed by atoms with Gasteiger partial charge in [-0.25, -0.2) is 0 Å². The average Bonchev–Trinajstić information content (AvgIpc) is 3.34. The molecule has 0 saturated carbocycles. The summed E-state index contributed by atoms with van der Waals surface area (Å²) in [7, 11) is 0. The molecule has 1 amide bonds. The van der Waals surface area contributed by atoms with E-state index in [9.17, 15) is 45.6 Å². The fourth-order valence-electron chi connectivity index (χ4n) is 8.89. The van der Waals surface area contributed by atoms with Crippen LogP contribution in [0.25, 0.3) is 0 Å². The molecule has 12 unspecified atom stereocenters. The van der Waals surface area contributed by atoms with Gasteiger partial charge in [-0.05, 0) is 51.4 Å². The molecule has 0 aromatic heterocycles. The first kappa shape index (κ1) is 62.3. The van der Waals surface area contributed by atoms with Crippen LogP contribution in [0.4, 0.5) is 0 Å². The third-order valence-corrected chi connectivity index (χ3v) is 13.4. The summed E-state index contributed by atoms with van der Waals surface area (Å²) in [5, 5.41) is 86.8. The molecule has 0 spiro atoms. The summed E-state index contributed by atoms with van der Waals surface area (Å²) < 4.78 is 22.7. The second-order valence-electron chi connectivity index (χ2n) is 19.4. The number of ether oxygens (including phenoxy) is 4. The Balaban J connectivity index is 1.71. The predicted molar refractivity (Wildman–Crippen MR) is 268 cm³/mol. The lowest BCUT2D eigenvalue weighted by atomic mass is 9.97. The number of carbonyl (C=O) groups excluding carboxylic acids is 1. The Morgan fingerprint density at radius 1 is 0.529 bits per heavy atom.